The number of rotatable bonds is 4. The average molecular weight is 326 g/mol. The van der Waals surface area contributed by atoms with Crippen LogP contribution in [0.3, 0.4) is 0 Å². The van der Waals surface area contributed by atoms with Gasteiger partial charge in [0.15, 0.2) is 0 Å². The second-order valence-corrected chi connectivity index (χ2v) is 6.00. The van der Waals surface area contributed by atoms with Crippen molar-refractivity contribution >= 4 is 5.97 Å². The Morgan fingerprint density at radius 2 is 1.79 bits per heavy atom. The summed E-state index contributed by atoms with van der Waals surface area (Å²) in [7, 11) is 0. The van der Waals surface area contributed by atoms with Crippen molar-refractivity contribution in [2.75, 3.05) is 0 Å². The Morgan fingerprint density at radius 3 is 2.29 bits per heavy atom. The van der Waals surface area contributed by atoms with Crippen molar-refractivity contribution in [3.8, 4) is 17.2 Å². The fraction of sp³-hybridized carbons (Fsp3) is 0.263. The van der Waals surface area contributed by atoms with Gasteiger partial charge in [-0.05, 0) is 72.9 Å². The van der Waals surface area contributed by atoms with Crippen LogP contribution in [0.4, 0.5) is 4.39 Å². The van der Waals surface area contributed by atoms with Crippen LogP contribution in [0.1, 0.15) is 40.3 Å². The van der Waals surface area contributed by atoms with E-state index in [9.17, 15) is 9.18 Å². The molecule has 3 N–H and O–H groups in total. The Kier molecular flexibility index (Phi) is 5.01. The van der Waals surface area contributed by atoms with Crippen molar-refractivity contribution in [1.29, 1.82) is 5.26 Å². The molecule has 0 spiro atoms. The van der Waals surface area contributed by atoms with Gasteiger partial charge in [-0.15, -0.1) is 0 Å². The number of carbonyl (C=O) groups is 1. The number of carboxylic acids is 1. The first kappa shape index (κ1) is 17.6. The number of nitrogens with two attached hydrogens (primary N) is 1. The molecule has 0 aromatic heterocycles. The zero-order valence-electron chi connectivity index (χ0n) is 13.9. The average Bonchev–Trinajstić information content (AvgIpc) is 2.48. The smallest absolute Gasteiger partial charge is 0.305 e. The summed E-state index contributed by atoms with van der Waals surface area (Å²) in [6.45, 7) is 5.40. The number of benzene rings is 2. The molecule has 0 saturated heterocycles. The molecule has 0 aliphatic rings. The first-order valence-electron chi connectivity index (χ1n) is 7.53. The van der Waals surface area contributed by atoms with Crippen LogP contribution in [0.5, 0.6) is 0 Å². The summed E-state index contributed by atoms with van der Waals surface area (Å²) in [5, 5.41) is 18.0. The molecule has 0 aliphatic carbocycles. The van der Waals surface area contributed by atoms with Crippen LogP contribution in [-0.4, -0.2) is 11.1 Å². The maximum Gasteiger partial charge on any atom is 0.305 e. The maximum absolute atomic E-state index is 14.4. The van der Waals surface area contributed by atoms with Crippen molar-refractivity contribution in [2.24, 2.45) is 5.73 Å². The number of halogens is 1. The fourth-order valence-electron chi connectivity index (χ4n) is 2.99. The molecule has 2 aromatic rings. The molecule has 0 unspecified atom stereocenters. The summed E-state index contributed by atoms with van der Waals surface area (Å²) in [6.07, 6.45) is -0.342. The molecule has 0 bridgehead atoms. The number of nitriles is 1. The molecule has 2 rings (SSSR count). The van der Waals surface area contributed by atoms with Crippen LogP contribution in [-0.2, 0) is 4.79 Å². The van der Waals surface area contributed by atoms with Gasteiger partial charge in [-0.25, -0.2) is 4.39 Å². The highest BCUT2D eigenvalue weighted by atomic mass is 19.1. The minimum atomic E-state index is -1.07. The van der Waals surface area contributed by atoms with Gasteiger partial charge in [0.2, 0.25) is 0 Å². The number of carboxylic acid groups (broad SMARTS) is 1. The second kappa shape index (κ2) is 6.81. The third kappa shape index (κ3) is 3.44. The van der Waals surface area contributed by atoms with Gasteiger partial charge in [0, 0.05) is 11.6 Å². The van der Waals surface area contributed by atoms with E-state index < -0.39 is 17.8 Å². The summed E-state index contributed by atoms with van der Waals surface area (Å²) in [6, 6.07) is 8.07. The van der Waals surface area contributed by atoms with Crippen molar-refractivity contribution in [2.45, 2.75) is 33.2 Å². The lowest BCUT2D eigenvalue weighted by Crippen LogP contribution is -2.17. The third-order valence-electron chi connectivity index (χ3n) is 4.03. The van der Waals surface area contributed by atoms with Crippen LogP contribution in [0.15, 0.2) is 24.3 Å². The molecule has 0 heterocycles. The standard InChI is InChI=1S/C19H19FN2O2/c1-10-4-13(9-21)5-11(2)18(10)14-6-12(3)19(20)15(7-14)16(22)8-17(23)24/h4-7,16H,8,22H2,1-3H3,(H,23,24)/t16-/m0/s1. The monoisotopic (exact) mass is 326 g/mol. The Hall–Kier alpha value is -2.71. The number of nitrogens with zero attached hydrogens (tertiary/aromatic N) is 1. The molecule has 4 nitrogen and oxygen atoms in total. The first-order valence-corrected chi connectivity index (χ1v) is 7.53. The predicted molar refractivity (Wildman–Crippen MR) is 89.9 cm³/mol. The van der Waals surface area contributed by atoms with E-state index in [-0.39, 0.29) is 12.0 Å². The van der Waals surface area contributed by atoms with E-state index in [4.69, 9.17) is 16.1 Å². The van der Waals surface area contributed by atoms with Gasteiger partial charge in [0.05, 0.1) is 18.1 Å². The van der Waals surface area contributed by atoms with Crippen LogP contribution < -0.4 is 5.73 Å². The Balaban J connectivity index is 2.63. The van der Waals surface area contributed by atoms with Gasteiger partial charge in [-0.3, -0.25) is 4.79 Å². The molecule has 0 radical (unpaired) electrons. The molecular formula is C19H19FN2O2. The molecule has 0 aliphatic heterocycles. The maximum atomic E-state index is 14.4. The lowest BCUT2D eigenvalue weighted by atomic mass is 9.90. The second-order valence-electron chi connectivity index (χ2n) is 6.00. The van der Waals surface area contributed by atoms with Gasteiger partial charge in [-0.2, -0.15) is 5.26 Å². The Labute approximate surface area is 140 Å². The summed E-state index contributed by atoms with van der Waals surface area (Å²) >= 11 is 0. The minimum absolute atomic E-state index is 0.190. The molecule has 0 saturated carbocycles. The number of aryl methyl sites for hydroxylation is 3. The topological polar surface area (TPSA) is 87.1 Å². The van der Waals surface area contributed by atoms with Crippen molar-refractivity contribution in [1.82, 2.24) is 0 Å². The highest BCUT2D eigenvalue weighted by molar-refractivity contribution is 5.74. The molecule has 1 atom stereocenters. The summed E-state index contributed by atoms with van der Waals surface area (Å²) in [5.74, 6) is -1.55. The van der Waals surface area contributed by atoms with E-state index in [1.54, 1.807) is 31.2 Å². The van der Waals surface area contributed by atoms with Gasteiger partial charge in [-0.1, -0.05) is 0 Å². The summed E-state index contributed by atoms with van der Waals surface area (Å²) < 4.78 is 14.4. The first-order chi connectivity index (χ1) is 11.2. The molecule has 5 heteroatoms. The van der Waals surface area contributed by atoms with E-state index in [0.717, 1.165) is 22.3 Å². The van der Waals surface area contributed by atoms with E-state index in [0.29, 0.717) is 11.1 Å². The van der Waals surface area contributed by atoms with E-state index >= 15 is 0 Å². The van der Waals surface area contributed by atoms with Crippen LogP contribution in [0, 0.1) is 37.9 Å². The highest BCUT2D eigenvalue weighted by Crippen LogP contribution is 2.33. The zero-order valence-corrected chi connectivity index (χ0v) is 13.9. The molecular weight excluding hydrogens is 307 g/mol. The van der Waals surface area contributed by atoms with Crippen LogP contribution in [0.25, 0.3) is 11.1 Å². The predicted octanol–water partition coefficient (Wildman–Crippen LogP) is 3.76. The Morgan fingerprint density at radius 1 is 1.21 bits per heavy atom. The minimum Gasteiger partial charge on any atom is -0.481 e. The molecule has 0 fully saturated rings. The number of hydrogen-bond donors (Lipinski definition) is 2. The van der Waals surface area contributed by atoms with Crippen molar-refractivity contribution < 1.29 is 14.3 Å². The number of aliphatic carboxylic acids is 1. The summed E-state index contributed by atoms with van der Waals surface area (Å²) in [4.78, 5) is 10.9. The zero-order chi connectivity index (χ0) is 18.0. The van der Waals surface area contributed by atoms with Crippen molar-refractivity contribution in [3.05, 3.63) is 57.9 Å². The van der Waals surface area contributed by atoms with Gasteiger partial charge in [0.1, 0.15) is 5.82 Å². The number of hydrogen-bond acceptors (Lipinski definition) is 3. The Bertz CT molecular complexity index is 830. The molecule has 124 valence electrons. The van der Waals surface area contributed by atoms with E-state index in [2.05, 4.69) is 6.07 Å². The van der Waals surface area contributed by atoms with Crippen molar-refractivity contribution in [3.63, 3.8) is 0 Å². The quantitative estimate of drug-likeness (QED) is 0.895. The van der Waals surface area contributed by atoms with E-state index in [1.165, 1.54) is 0 Å². The van der Waals surface area contributed by atoms with Gasteiger partial charge >= 0.3 is 5.97 Å². The molecule has 24 heavy (non-hydrogen) atoms. The van der Waals surface area contributed by atoms with Crippen LogP contribution >= 0.6 is 0 Å². The van der Waals surface area contributed by atoms with Crippen LogP contribution in [0.2, 0.25) is 0 Å². The van der Waals surface area contributed by atoms with Gasteiger partial charge in [0.25, 0.3) is 0 Å². The third-order valence-corrected chi connectivity index (χ3v) is 4.03. The largest absolute Gasteiger partial charge is 0.481 e. The summed E-state index contributed by atoms with van der Waals surface area (Å²) in [5.41, 5.74) is 10.5. The SMILES string of the molecule is Cc1cc(-c2c(C)cc(C#N)cc2C)cc([C@@H](N)CC(=O)O)c1F. The molecule has 2 aromatic carbocycles. The highest BCUT2D eigenvalue weighted by Gasteiger charge is 2.19. The normalized spacial score (nSPS) is 11.8. The lowest BCUT2D eigenvalue weighted by Gasteiger charge is -2.17. The fourth-order valence-corrected chi connectivity index (χ4v) is 2.99. The van der Waals surface area contributed by atoms with Gasteiger partial charge < -0.3 is 10.8 Å². The van der Waals surface area contributed by atoms with E-state index in [1.807, 2.05) is 13.8 Å². The molecule has 0 amide bonds. The lowest BCUT2D eigenvalue weighted by molar-refractivity contribution is -0.137.